The van der Waals surface area contributed by atoms with Crippen molar-refractivity contribution < 1.29 is 4.74 Å². The lowest BCUT2D eigenvalue weighted by Crippen LogP contribution is -2.12. The fourth-order valence-corrected chi connectivity index (χ4v) is 6.56. The number of fused-ring (bicyclic) bond motifs is 1. The maximum absolute atomic E-state index is 8.55. The monoisotopic (exact) mass is 658 g/mol. The standard InChI is InChI=1S/C46H34N4O/c47-44(32-15-6-2-7-16-32)51-45(48)39-23-10-19-34(28-39)35-25-26-41-36(27-35)21-12-24-40(41)37-20-11-22-38(29-37)43-30-42(31-13-4-1-5-14-31)49-46(50-43)33-17-8-3-9-18-33/h1-21,23-30,38,47-48H,22H2. The number of benzene rings is 6. The molecule has 0 fully saturated rings. The Morgan fingerprint density at radius 1 is 0.569 bits per heavy atom. The zero-order valence-corrected chi connectivity index (χ0v) is 27.8. The molecule has 2 N–H and O–H groups in total. The van der Waals surface area contributed by atoms with Crippen molar-refractivity contribution >= 4 is 28.1 Å². The minimum atomic E-state index is -0.0604. The van der Waals surface area contributed by atoms with Crippen LogP contribution in [0.2, 0.25) is 0 Å². The van der Waals surface area contributed by atoms with Gasteiger partial charge < -0.3 is 4.74 Å². The van der Waals surface area contributed by atoms with Gasteiger partial charge in [0, 0.05) is 28.2 Å². The van der Waals surface area contributed by atoms with Crippen molar-refractivity contribution in [2.45, 2.75) is 12.3 Å². The van der Waals surface area contributed by atoms with Crippen LogP contribution in [-0.4, -0.2) is 21.8 Å². The molecule has 244 valence electrons. The molecule has 1 atom stereocenters. The Hall–Kier alpha value is -6.72. The molecule has 1 heterocycles. The van der Waals surface area contributed by atoms with Gasteiger partial charge in [-0.3, -0.25) is 10.8 Å². The van der Waals surface area contributed by atoms with E-state index in [1.807, 2.05) is 78.9 Å². The Morgan fingerprint density at radius 3 is 2.00 bits per heavy atom. The number of rotatable bonds is 7. The summed E-state index contributed by atoms with van der Waals surface area (Å²) in [6, 6.07) is 52.5. The van der Waals surface area contributed by atoms with Gasteiger partial charge in [-0.1, -0.05) is 140 Å². The van der Waals surface area contributed by atoms with Crippen molar-refractivity contribution in [1.82, 2.24) is 9.97 Å². The third-order valence-corrected chi connectivity index (χ3v) is 9.19. The Kier molecular flexibility index (Phi) is 8.67. The Morgan fingerprint density at radius 2 is 1.22 bits per heavy atom. The average Bonchev–Trinajstić information content (AvgIpc) is 3.21. The molecule has 0 saturated heterocycles. The highest BCUT2D eigenvalue weighted by molar-refractivity contribution is 6.05. The first-order valence-electron chi connectivity index (χ1n) is 17.0. The largest absolute Gasteiger partial charge is 0.421 e. The first kappa shape index (κ1) is 31.5. The topological polar surface area (TPSA) is 82.7 Å². The van der Waals surface area contributed by atoms with Crippen LogP contribution in [0.15, 0.2) is 176 Å². The van der Waals surface area contributed by atoms with Crippen LogP contribution < -0.4 is 0 Å². The zero-order chi connectivity index (χ0) is 34.6. The minimum absolute atomic E-state index is 0.0504. The summed E-state index contributed by atoms with van der Waals surface area (Å²) < 4.78 is 5.61. The van der Waals surface area contributed by atoms with E-state index in [4.69, 9.17) is 25.5 Å². The first-order valence-corrected chi connectivity index (χ1v) is 17.0. The van der Waals surface area contributed by atoms with Crippen LogP contribution in [0.5, 0.6) is 0 Å². The highest BCUT2D eigenvalue weighted by atomic mass is 16.5. The van der Waals surface area contributed by atoms with Gasteiger partial charge in [0.15, 0.2) is 5.82 Å². The van der Waals surface area contributed by atoms with Crippen molar-refractivity contribution in [2.75, 3.05) is 0 Å². The van der Waals surface area contributed by atoms with Gasteiger partial charge in [0.1, 0.15) is 0 Å². The van der Waals surface area contributed by atoms with Crippen molar-refractivity contribution in [3.05, 3.63) is 198 Å². The second-order valence-electron chi connectivity index (χ2n) is 12.5. The minimum Gasteiger partial charge on any atom is -0.421 e. The Balaban J connectivity index is 1.10. The van der Waals surface area contributed by atoms with Gasteiger partial charge in [-0.25, -0.2) is 9.97 Å². The van der Waals surface area contributed by atoms with E-state index in [9.17, 15) is 0 Å². The molecule has 1 aliphatic carbocycles. The maximum atomic E-state index is 8.55. The lowest BCUT2D eigenvalue weighted by Gasteiger charge is -2.19. The number of allylic oxidation sites excluding steroid dienone is 4. The fraction of sp³-hybridized carbons (Fsp3) is 0.0435. The van der Waals surface area contributed by atoms with Crippen molar-refractivity contribution in [3.8, 4) is 33.8 Å². The highest BCUT2D eigenvalue weighted by Gasteiger charge is 2.19. The lowest BCUT2D eigenvalue weighted by atomic mass is 9.87. The summed E-state index contributed by atoms with van der Waals surface area (Å²) in [5.74, 6) is 0.714. The highest BCUT2D eigenvalue weighted by Crippen LogP contribution is 2.36. The second kappa shape index (κ2) is 14.0. The molecule has 1 aliphatic rings. The van der Waals surface area contributed by atoms with Gasteiger partial charge in [0.05, 0.1) is 11.4 Å². The molecule has 0 aliphatic heterocycles. The van der Waals surface area contributed by atoms with Crippen LogP contribution in [0.1, 0.15) is 34.7 Å². The second-order valence-corrected chi connectivity index (χ2v) is 12.5. The molecule has 0 radical (unpaired) electrons. The molecular weight excluding hydrogens is 625 g/mol. The molecule has 0 amide bonds. The summed E-state index contributed by atoms with van der Waals surface area (Å²) in [4.78, 5) is 10.1. The SMILES string of the molecule is N=C(OC(=N)c1cccc(-c2ccc3c(C4=CC(c5cc(-c6ccccc6)nc(-c6ccccc6)n5)CC=C4)cccc3c2)c1)c1ccccc1. The summed E-state index contributed by atoms with van der Waals surface area (Å²) in [6.45, 7) is 0. The molecule has 1 aromatic heterocycles. The summed E-state index contributed by atoms with van der Waals surface area (Å²) in [5.41, 5.74) is 9.58. The molecule has 5 nitrogen and oxygen atoms in total. The van der Waals surface area contributed by atoms with Crippen molar-refractivity contribution in [2.24, 2.45) is 0 Å². The van der Waals surface area contributed by atoms with Crippen LogP contribution in [0.4, 0.5) is 0 Å². The molecule has 0 saturated carbocycles. The molecular formula is C46H34N4O. The average molecular weight is 659 g/mol. The zero-order valence-electron chi connectivity index (χ0n) is 27.8. The van der Waals surface area contributed by atoms with Gasteiger partial charge in [-0.2, -0.15) is 0 Å². The predicted octanol–water partition coefficient (Wildman–Crippen LogP) is 11.1. The number of nitrogens with zero attached hydrogens (tertiary/aromatic N) is 2. The van der Waals surface area contributed by atoms with Crippen LogP contribution >= 0.6 is 0 Å². The quantitative estimate of drug-likeness (QED) is 0.132. The number of aromatic nitrogens is 2. The van der Waals surface area contributed by atoms with Crippen molar-refractivity contribution in [1.29, 1.82) is 10.8 Å². The summed E-state index contributed by atoms with van der Waals surface area (Å²) in [6.07, 6.45) is 7.67. The van der Waals surface area contributed by atoms with Gasteiger partial charge in [-0.15, -0.1) is 0 Å². The predicted molar refractivity (Wildman–Crippen MR) is 208 cm³/mol. The van der Waals surface area contributed by atoms with E-state index < -0.39 is 0 Å². The van der Waals surface area contributed by atoms with Crippen molar-refractivity contribution in [3.63, 3.8) is 0 Å². The Bertz CT molecular complexity index is 2390. The molecule has 0 bridgehead atoms. The summed E-state index contributed by atoms with van der Waals surface area (Å²) in [7, 11) is 0. The van der Waals surface area contributed by atoms with E-state index in [1.165, 1.54) is 16.5 Å². The molecule has 0 spiro atoms. The number of hydrogen-bond acceptors (Lipinski definition) is 5. The molecule has 8 rings (SSSR count). The number of nitrogens with one attached hydrogen (secondary N) is 2. The van der Waals surface area contributed by atoms with E-state index in [2.05, 4.69) is 85.0 Å². The molecule has 6 aromatic carbocycles. The van der Waals surface area contributed by atoms with Gasteiger partial charge in [0.25, 0.3) is 0 Å². The van der Waals surface area contributed by atoms with E-state index in [1.54, 1.807) is 12.1 Å². The normalized spacial score (nSPS) is 13.8. The lowest BCUT2D eigenvalue weighted by molar-refractivity contribution is 0.538. The number of hydrogen-bond donors (Lipinski definition) is 2. The molecule has 1 unspecified atom stereocenters. The fourth-order valence-electron chi connectivity index (χ4n) is 6.56. The summed E-state index contributed by atoms with van der Waals surface area (Å²) >= 11 is 0. The molecule has 7 aromatic rings. The van der Waals surface area contributed by atoms with E-state index >= 15 is 0 Å². The van der Waals surface area contributed by atoms with E-state index in [-0.39, 0.29) is 17.7 Å². The third kappa shape index (κ3) is 6.78. The Labute approximate surface area is 297 Å². The van der Waals surface area contributed by atoms with Crippen LogP contribution in [0.25, 0.3) is 50.1 Å². The van der Waals surface area contributed by atoms with Crippen LogP contribution in [0, 0.1) is 10.8 Å². The van der Waals surface area contributed by atoms with Crippen LogP contribution in [-0.2, 0) is 4.74 Å². The smallest absolute Gasteiger partial charge is 0.221 e. The molecule has 51 heavy (non-hydrogen) atoms. The third-order valence-electron chi connectivity index (χ3n) is 9.19. The van der Waals surface area contributed by atoms with Gasteiger partial charge >= 0.3 is 0 Å². The first-order chi connectivity index (χ1) is 25.1. The number of ether oxygens (including phenoxy) is 1. The summed E-state index contributed by atoms with van der Waals surface area (Å²) in [5, 5.41) is 19.1. The van der Waals surface area contributed by atoms with E-state index in [0.717, 1.165) is 51.3 Å². The maximum Gasteiger partial charge on any atom is 0.221 e. The van der Waals surface area contributed by atoms with Gasteiger partial charge in [-0.05, 0) is 75.9 Å². The van der Waals surface area contributed by atoms with Gasteiger partial charge in [0.2, 0.25) is 11.8 Å². The van der Waals surface area contributed by atoms with E-state index in [0.29, 0.717) is 11.1 Å². The van der Waals surface area contributed by atoms with Crippen LogP contribution in [0.3, 0.4) is 0 Å². The molecule has 5 heteroatoms.